The molecule has 24 heavy (non-hydrogen) atoms. The molecule has 3 aromatic rings. The van der Waals surface area contributed by atoms with Gasteiger partial charge in [-0.2, -0.15) is 13.9 Å². The van der Waals surface area contributed by atoms with Crippen LogP contribution in [0.5, 0.6) is 5.75 Å². The minimum Gasteiger partial charge on any atom is -0.435 e. The van der Waals surface area contributed by atoms with E-state index in [9.17, 15) is 13.6 Å². The molecule has 0 saturated heterocycles. The highest BCUT2D eigenvalue weighted by Crippen LogP contribution is 2.20. The van der Waals surface area contributed by atoms with Gasteiger partial charge in [-0.05, 0) is 36.4 Å². The molecule has 0 aliphatic heterocycles. The first kappa shape index (κ1) is 15.7. The Labute approximate surface area is 136 Å². The van der Waals surface area contributed by atoms with Crippen molar-refractivity contribution in [3.63, 3.8) is 0 Å². The van der Waals surface area contributed by atoms with Gasteiger partial charge in [-0.3, -0.25) is 9.48 Å². The maximum absolute atomic E-state index is 12.5. The van der Waals surface area contributed by atoms with E-state index in [0.29, 0.717) is 17.1 Å². The molecule has 0 radical (unpaired) electrons. The third kappa shape index (κ3) is 3.27. The molecule has 124 valence electrons. The van der Waals surface area contributed by atoms with Crippen LogP contribution in [0.25, 0.3) is 5.82 Å². The summed E-state index contributed by atoms with van der Waals surface area (Å²) < 4.78 is 31.9. The number of ether oxygens (including phenoxy) is 1. The minimum atomic E-state index is -2.88. The largest absolute Gasteiger partial charge is 0.435 e. The fourth-order valence-corrected chi connectivity index (χ4v) is 2.29. The Morgan fingerprint density at radius 2 is 1.88 bits per heavy atom. The predicted molar refractivity (Wildman–Crippen MR) is 83.6 cm³/mol. The van der Waals surface area contributed by atoms with Crippen molar-refractivity contribution in [3.8, 4) is 11.6 Å². The number of benzene rings is 1. The number of nitrogens with zero attached hydrogens (tertiary/aromatic N) is 3. The SMILES string of the molecule is Cn1ncc(C(=O)Nc2ccc(OC(F)F)cc2)c1-n1cccc1. The molecule has 2 aromatic heterocycles. The van der Waals surface area contributed by atoms with Crippen LogP contribution in [0, 0.1) is 0 Å². The minimum absolute atomic E-state index is 0.0254. The number of aromatic nitrogens is 3. The maximum atomic E-state index is 12.5. The standard InChI is InChI=1S/C16H14F2N4O2/c1-21-15(22-8-2-3-9-22)13(10-19-21)14(23)20-11-4-6-12(7-5-11)24-16(17)18/h2-10,16H,1H3,(H,20,23). The van der Waals surface area contributed by atoms with Gasteiger partial charge in [-0.1, -0.05) is 0 Å². The molecule has 8 heteroatoms. The summed E-state index contributed by atoms with van der Waals surface area (Å²) in [5.74, 6) is 0.293. The van der Waals surface area contributed by atoms with Crippen LogP contribution in [0.1, 0.15) is 10.4 Å². The zero-order valence-electron chi connectivity index (χ0n) is 12.7. The van der Waals surface area contributed by atoms with Crippen molar-refractivity contribution in [2.45, 2.75) is 6.61 Å². The number of amides is 1. The van der Waals surface area contributed by atoms with Crippen LogP contribution in [-0.4, -0.2) is 26.9 Å². The molecule has 0 saturated carbocycles. The maximum Gasteiger partial charge on any atom is 0.387 e. The Balaban J connectivity index is 1.79. The molecule has 0 bridgehead atoms. The number of alkyl halides is 2. The van der Waals surface area contributed by atoms with E-state index in [-0.39, 0.29) is 11.7 Å². The lowest BCUT2D eigenvalue weighted by Gasteiger charge is -2.09. The number of aryl methyl sites for hydroxylation is 1. The third-order valence-electron chi connectivity index (χ3n) is 3.34. The van der Waals surface area contributed by atoms with E-state index in [4.69, 9.17) is 0 Å². The van der Waals surface area contributed by atoms with Crippen molar-refractivity contribution >= 4 is 11.6 Å². The molecule has 3 rings (SSSR count). The average molecular weight is 332 g/mol. The lowest BCUT2D eigenvalue weighted by atomic mass is 10.2. The number of anilines is 1. The number of nitrogens with one attached hydrogen (secondary N) is 1. The first-order chi connectivity index (χ1) is 11.5. The van der Waals surface area contributed by atoms with Gasteiger partial charge < -0.3 is 14.6 Å². The van der Waals surface area contributed by atoms with Crippen molar-refractivity contribution in [2.24, 2.45) is 7.05 Å². The van der Waals surface area contributed by atoms with Gasteiger partial charge in [0.15, 0.2) is 0 Å². The predicted octanol–water partition coefficient (Wildman–Crippen LogP) is 3.06. The molecule has 0 atom stereocenters. The second-order valence-corrected chi connectivity index (χ2v) is 4.95. The number of rotatable bonds is 5. The number of halogens is 2. The van der Waals surface area contributed by atoms with Crippen LogP contribution < -0.4 is 10.1 Å². The average Bonchev–Trinajstić information content (AvgIpc) is 3.17. The van der Waals surface area contributed by atoms with E-state index in [0.717, 1.165) is 0 Å². The van der Waals surface area contributed by atoms with Gasteiger partial charge >= 0.3 is 6.61 Å². The van der Waals surface area contributed by atoms with E-state index < -0.39 is 6.61 Å². The molecular formula is C16H14F2N4O2. The summed E-state index contributed by atoms with van der Waals surface area (Å²) in [6.07, 6.45) is 5.09. The highest BCUT2D eigenvalue weighted by Gasteiger charge is 2.17. The second kappa shape index (κ2) is 6.53. The van der Waals surface area contributed by atoms with Crippen LogP contribution in [0.3, 0.4) is 0 Å². The van der Waals surface area contributed by atoms with Crippen LogP contribution >= 0.6 is 0 Å². The topological polar surface area (TPSA) is 61.1 Å². The van der Waals surface area contributed by atoms with Gasteiger partial charge in [0.05, 0.1) is 6.20 Å². The van der Waals surface area contributed by atoms with Crippen LogP contribution in [0.4, 0.5) is 14.5 Å². The Kier molecular flexibility index (Phi) is 4.28. The van der Waals surface area contributed by atoms with Crippen molar-refractivity contribution in [1.82, 2.24) is 14.3 Å². The third-order valence-corrected chi connectivity index (χ3v) is 3.34. The summed E-state index contributed by atoms with van der Waals surface area (Å²) in [5.41, 5.74) is 0.852. The molecule has 0 spiro atoms. The highest BCUT2D eigenvalue weighted by atomic mass is 19.3. The summed E-state index contributed by atoms with van der Waals surface area (Å²) in [4.78, 5) is 12.5. The molecular weight excluding hydrogens is 318 g/mol. The van der Waals surface area contributed by atoms with E-state index in [1.54, 1.807) is 16.3 Å². The normalized spacial score (nSPS) is 10.8. The first-order valence-electron chi connectivity index (χ1n) is 7.06. The lowest BCUT2D eigenvalue weighted by molar-refractivity contribution is -0.0498. The number of hydrogen-bond acceptors (Lipinski definition) is 3. The van der Waals surface area contributed by atoms with Crippen LogP contribution in [0.2, 0.25) is 0 Å². The first-order valence-corrected chi connectivity index (χ1v) is 7.06. The molecule has 1 aromatic carbocycles. The Morgan fingerprint density at radius 3 is 2.50 bits per heavy atom. The smallest absolute Gasteiger partial charge is 0.387 e. The van der Waals surface area contributed by atoms with E-state index in [2.05, 4.69) is 15.2 Å². The Hall–Kier alpha value is -3.16. The molecule has 1 amide bonds. The van der Waals surface area contributed by atoms with Gasteiger partial charge in [0.2, 0.25) is 0 Å². The monoisotopic (exact) mass is 332 g/mol. The van der Waals surface area contributed by atoms with Gasteiger partial charge in [0, 0.05) is 25.1 Å². The Bertz CT molecular complexity index is 826. The second-order valence-electron chi connectivity index (χ2n) is 4.95. The summed E-state index contributed by atoms with van der Waals surface area (Å²) in [5, 5.41) is 6.82. The summed E-state index contributed by atoms with van der Waals surface area (Å²) >= 11 is 0. The molecule has 2 heterocycles. The van der Waals surface area contributed by atoms with Crippen molar-refractivity contribution in [2.75, 3.05) is 5.32 Å². The van der Waals surface area contributed by atoms with Gasteiger partial charge in [0.25, 0.3) is 5.91 Å². The molecule has 0 fully saturated rings. The number of hydrogen-bond donors (Lipinski definition) is 1. The van der Waals surface area contributed by atoms with Crippen molar-refractivity contribution < 1.29 is 18.3 Å². The van der Waals surface area contributed by atoms with Gasteiger partial charge in [0.1, 0.15) is 17.1 Å². The van der Waals surface area contributed by atoms with Crippen LogP contribution in [-0.2, 0) is 7.05 Å². The van der Waals surface area contributed by atoms with Crippen LogP contribution in [0.15, 0.2) is 55.0 Å². The quantitative estimate of drug-likeness (QED) is 0.781. The number of carbonyl (C=O) groups excluding carboxylic acids is 1. The molecule has 0 aliphatic rings. The summed E-state index contributed by atoms with van der Waals surface area (Å²) in [6.45, 7) is -2.88. The van der Waals surface area contributed by atoms with E-state index in [1.807, 2.05) is 24.5 Å². The molecule has 6 nitrogen and oxygen atoms in total. The Morgan fingerprint density at radius 1 is 1.21 bits per heavy atom. The molecule has 1 N–H and O–H groups in total. The molecule has 0 unspecified atom stereocenters. The highest BCUT2D eigenvalue weighted by molar-refractivity contribution is 6.06. The van der Waals surface area contributed by atoms with E-state index in [1.165, 1.54) is 30.5 Å². The van der Waals surface area contributed by atoms with E-state index >= 15 is 0 Å². The van der Waals surface area contributed by atoms with Gasteiger partial charge in [-0.15, -0.1) is 0 Å². The van der Waals surface area contributed by atoms with Crippen molar-refractivity contribution in [3.05, 3.63) is 60.6 Å². The summed E-state index contributed by atoms with van der Waals surface area (Å²) in [6, 6.07) is 9.38. The fraction of sp³-hybridized carbons (Fsp3) is 0.125. The lowest BCUT2D eigenvalue weighted by Crippen LogP contribution is -2.15. The zero-order chi connectivity index (χ0) is 17.1. The summed E-state index contributed by atoms with van der Waals surface area (Å²) in [7, 11) is 1.74. The fourth-order valence-electron chi connectivity index (χ4n) is 2.29. The molecule has 0 aliphatic carbocycles. The number of carbonyl (C=O) groups is 1. The van der Waals surface area contributed by atoms with Crippen molar-refractivity contribution in [1.29, 1.82) is 0 Å². The zero-order valence-corrected chi connectivity index (χ0v) is 12.7. The van der Waals surface area contributed by atoms with Gasteiger partial charge in [-0.25, -0.2) is 0 Å².